The number of nitrogens with zero attached hydrogens (tertiary/aromatic N) is 3. The van der Waals surface area contributed by atoms with Crippen molar-refractivity contribution in [3.05, 3.63) is 37.9 Å². The third-order valence-electron chi connectivity index (χ3n) is 3.49. The number of nitro groups is 2. The Kier molecular flexibility index (Phi) is 5.83. The molecule has 0 saturated carbocycles. The molecule has 0 aliphatic heterocycles. The van der Waals surface area contributed by atoms with E-state index < -0.39 is 38.6 Å². The Morgan fingerprint density at radius 3 is 2.04 bits per heavy atom. The molecular weight excluding hydrogens is 333 g/mol. The number of halogens is 3. The van der Waals surface area contributed by atoms with Crippen LogP contribution in [-0.4, -0.2) is 15.6 Å². The van der Waals surface area contributed by atoms with E-state index in [1.54, 1.807) is 6.92 Å². The lowest BCUT2D eigenvalue weighted by molar-refractivity contribution is -0.392. The summed E-state index contributed by atoms with van der Waals surface area (Å²) in [5.41, 5.74) is -1.64. The molecule has 0 aromatic heterocycles. The normalized spacial score (nSPS) is 13.5. The van der Waals surface area contributed by atoms with Gasteiger partial charge in [0.25, 0.3) is 0 Å². The summed E-state index contributed by atoms with van der Waals surface area (Å²) in [6.07, 6.45) is -4.25. The maximum Gasteiger partial charge on any atom is 0.416 e. The highest BCUT2D eigenvalue weighted by Gasteiger charge is 2.37. The molecule has 1 aromatic carbocycles. The molecule has 1 N–H and O–H groups in total. The van der Waals surface area contributed by atoms with E-state index in [1.165, 1.54) is 0 Å². The van der Waals surface area contributed by atoms with Crippen LogP contribution in [0.1, 0.15) is 32.8 Å². The number of hydrazone groups is 1. The first-order chi connectivity index (χ1) is 11.0. The molecule has 0 radical (unpaired) electrons. The summed E-state index contributed by atoms with van der Waals surface area (Å²) in [6, 6.07) is 0.479. The van der Waals surface area contributed by atoms with Crippen LogP contribution in [0.2, 0.25) is 0 Å². The highest BCUT2D eigenvalue weighted by molar-refractivity contribution is 5.85. The van der Waals surface area contributed by atoms with E-state index in [4.69, 9.17) is 0 Å². The average Bonchev–Trinajstić information content (AvgIpc) is 2.49. The Hall–Kier alpha value is -2.72. The van der Waals surface area contributed by atoms with E-state index in [0.717, 1.165) is 0 Å². The number of hydrogen-bond donors (Lipinski definition) is 1. The molecule has 1 atom stereocenters. The number of alkyl halides is 3. The fourth-order valence-corrected chi connectivity index (χ4v) is 1.73. The van der Waals surface area contributed by atoms with Gasteiger partial charge in [0.2, 0.25) is 5.69 Å². The van der Waals surface area contributed by atoms with Gasteiger partial charge in [0, 0.05) is 17.8 Å². The largest absolute Gasteiger partial charge is 0.416 e. The van der Waals surface area contributed by atoms with E-state index in [0.29, 0.717) is 12.1 Å². The number of hydrogen-bond acceptors (Lipinski definition) is 6. The van der Waals surface area contributed by atoms with Crippen LogP contribution in [-0.2, 0) is 6.18 Å². The molecular formula is C13H15F3N4O4. The molecule has 1 rings (SSSR count). The van der Waals surface area contributed by atoms with Crippen LogP contribution in [0, 0.1) is 26.1 Å². The number of anilines is 1. The van der Waals surface area contributed by atoms with Gasteiger partial charge in [-0.1, -0.05) is 13.8 Å². The third-order valence-corrected chi connectivity index (χ3v) is 3.49. The van der Waals surface area contributed by atoms with Crippen LogP contribution in [0.4, 0.5) is 30.2 Å². The zero-order valence-corrected chi connectivity index (χ0v) is 13.0. The summed E-state index contributed by atoms with van der Waals surface area (Å²) >= 11 is 0. The molecule has 0 bridgehead atoms. The smallest absolute Gasteiger partial charge is 0.266 e. The Morgan fingerprint density at radius 2 is 1.71 bits per heavy atom. The van der Waals surface area contributed by atoms with Crippen LogP contribution in [0.15, 0.2) is 17.2 Å². The summed E-state index contributed by atoms with van der Waals surface area (Å²) in [6.45, 7) is 5.28. The lowest BCUT2D eigenvalue weighted by Gasteiger charge is -2.11. The first-order valence-corrected chi connectivity index (χ1v) is 6.83. The van der Waals surface area contributed by atoms with Gasteiger partial charge in [-0.25, -0.2) is 0 Å². The molecule has 0 amide bonds. The predicted octanol–water partition coefficient (Wildman–Crippen LogP) is 4.36. The van der Waals surface area contributed by atoms with Crippen molar-refractivity contribution in [1.82, 2.24) is 0 Å². The summed E-state index contributed by atoms with van der Waals surface area (Å²) in [5.74, 6) is -0.00920. The van der Waals surface area contributed by atoms with Crippen LogP contribution >= 0.6 is 0 Å². The Balaban J connectivity index is 3.52. The molecule has 24 heavy (non-hydrogen) atoms. The molecule has 1 aromatic rings. The second kappa shape index (κ2) is 7.23. The second-order valence-electron chi connectivity index (χ2n) is 5.08. The maximum absolute atomic E-state index is 12.8. The predicted molar refractivity (Wildman–Crippen MR) is 80.9 cm³/mol. The van der Waals surface area contributed by atoms with Crippen LogP contribution in [0.25, 0.3) is 0 Å². The third kappa shape index (κ3) is 4.40. The lowest BCUT2D eigenvalue weighted by atomic mass is 10.1. The van der Waals surface area contributed by atoms with E-state index in [2.05, 4.69) is 10.5 Å². The highest BCUT2D eigenvalue weighted by atomic mass is 19.4. The molecule has 132 valence electrons. The zero-order valence-electron chi connectivity index (χ0n) is 13.0. The van der Waals surface area contributed by atoms with Crippen molar-refractivity contribution in [1.29, 1.82) is 0 Å². The van der Waals surface area contributed by atoms with Gasteiger partial charge in [-0.3, -0.25) is 25.7 Å². The van der Waals surface area contributed by atoms with Crippen LogP contribution in [0.5, 0.6) is 0 Å². The maximum atomic E-state index is 12.8. The van der Waals surface area contributed by atoms with E-state index in [9.17, 15) is 33.4 Å². The first-order valence-electron chi connectivity index (χ1n) is 6.83. The molecule has 0 spiro atoms. The summed E-state index contributed by atoms with van der Waals surface area (Å²) in [7, 11) is 0. The quantitative estimate of drug-likeness (QED) is 0.466. The second-order valence-corrected chi connectivity index (χ2v) is 5.08. The van der Waals surface area contributed by atoms with Crippen LogP contribution < -0.4 is 5.43 Å². The lowest BCUT2D eigenvalue weighted by Crippen LogP contribution is -2.11. The topological polar surface area (TPSA) is 111 Å². The minimum atomic E-state index is -4.95. The van der Waals surface area contributed by atoms with E-state index in [-0.39, 0.29) is 18.1 Å². The monoisotopic (exact) mass is 348 g/mol. The summed E-state index contributed by atoms with van der Waals surface area (Å²) in [4.78, 5) is 19.8. The first kappa shape index (κ1) is 19.3. The number of nitrogens with one attached hydrogen (secondary N) is 1. The van der Waals surface area contributed by atoms with Crippen molar-refractivity contribution in [2.45, 2.75) is 33.4 Å². The van der Waals surface area contributed by atoms with Crippen molar-refractivity contribution in [2.24, 2.45) is 11.0 Å². The number of rotatable bonds is 6. The molecule has 0 saturated heterocycles. The zero-order chi connectivity index (χ0) is 18.7. The van der Waals surface area contributed by atoms with Gasteiger partial charge < -0.3 is 0 Å². The molecule has 0 unspecified atom stereocenters. The van der Waals surface area contributed by atoms with Gasteiger partial charge in [0.1, 0.15) is 0 Å². The van der Waals surface area contributed by atoms with Crippen molar-refractivity contribution < 1.29 is 23.0 Å². The minimum absolute atomic E-state index is 0.00920. The standard InChI is InChI=1S/C13H15F3N4O4/c1-4-7(2)8(3)17-18-12-10(19(21)22)5-9(13(14,15)16)6-11(12)20(23)24/h5-7,18H,4H2,1-3H3/b17-8-/t7-/m1/s1. The fraction of sp³-hybridized carbons (Fsp3) is 0.462. The van der Waals surface area contributed by atoms with E-state index >= 15 is 0 Å². The van der Waals surface area contributed by atoms with E-state index in [1.807, 2.05) is 13.8 Å². The van der Waals surface area contributed by atoms with Gasteiger partial charge >= 0.3 is 17.6 Å². The van der Waals surface area contributed by atoms with Gasteiger partial charge in [-0.05, 0) is 19.3 Å². The van der Waals surface area contributed by atoms with Crippen molar-refractivity contribution in [3.8, 4) is 0 Å². The SMILES string of the molecule is CC[C@@H](C)/C(C)=N\Nc1c([N+](=O)[O-])cc(C(F)(F)F)cc1[N+](=O)[O-]. The van der Waals surface area contributed by atoms with Gasteiger partial charge in [-0.15, -0.1) is 0 Å². The molecule has 8 nitrogen and oxygen atoms in total. The Labute approximate surface area is 134 Å². The molecule has 11 heteroatoms. The van der Waals surface area contributed by atoms with Crippen molar-refractivity contribution in [3.63, 3.8) is 0 Å². The van der Waals surface area contributed by atoms with Gasteiger partial charge in [-0.2, -0.15) is 18.3 Å². The highest BCUT2D eigenvalue weighted by Crippen LogP contribution is 2.41. The summed E-state index contributed by atoms with van der Waals surface area (Å²) in [5, 5.41) is 25.9. The minimum Gasteiger partial charge on any atom is -0.266 e. The average molecular weight is 348 g/mol. The molecule has 0 aliphatic rings. The molecule has 0 fully saturated rings. The summed E-state index contributed by atoms with van der Waals surface area (Å²) < 4.78 is 38.3. The van der Waals surface area contributed by atoms with Crippen LogP contribution in [0.3, 0.4) is 0 Å². The number of nitro benzene ring substituents is 2. The Bertz CT molecular complexity index is 653. The molecule has 0 aliphatic carbocycles. The van der Waals surface area contributed by atoms with Gasteiger partial charge in [0.05, 0.1) is 15.4 Å². The fourth-order valence-electron chi connectivity index (χ4n) is 1.73. The van der Waals surface area contributed by atoms with Crippen molar-refractivity contribution in [2.75, 3.05) is 5.43 Å². The number of benzene rings is 1. The Morgan fingerprint density at radius 1 is 1.25 bits per heavy atom. The van der Waals surface area contributed by atoms with Gasteiger partial charge in [0.15, 0.2) is 0 Å². The molecule has 0 heterocycles. The van der Waals surface area contributed by atoms with Crippen molar-refractivity contribution >= 4 is 22.8 Å².